The maximum Gasteiger partial charge on any atom is 0.221 e. The van der Waals surface area contributed by atoms with Gasteiger partial charge >= 0.3 is 0 Å². The van der Waals surface area contributed by atoms with Gasteiger partial charge in [-0.1, -0.05) is 140 Å². The SMILES string of the molecule is [C-]#[N+]c1c(-c2ccccc2)c(C#N)c(-n2c3ccccc3c3c4oc5ccccc5c4ccc32)c(-n2c3ccccc3c3c4oc5ccccc5c4ccc32)c1-n1c2ccccc2c2c3oc4ccccc4c3ccc21. The lowest BCUT2D eigenvalue weighted by Gasteiger charge is -2.26. The third-order valence-corrected chi connectivity index (χ3v) is 15.9. The van der Waals surface area contributed by atoms with Crippen LogP contribution in [0.2, 0.25) is 0 Å². The second-order valence-electron chi connectivity index (χ2n) is 19.6. The van der Waals surface area contributed by atoms with Gasteiger partial charge in [0.1, 0.15) is 39.6 Å². The number of hydrogen-bond donors (Lipinski definition) is 0. The third kappa shape index (κ3) is 5.14. The Morgan fingerprint density at radius 3 is 1.11 bits per heavy atom. The number of nitrogens with zero attached hydrogens (tertiary/aromatic N) is 5. The van der Waals surface area contributed by atoms with Gasteiger partial charge < -0.3 is 27.0 Å². The summed E-state index contributed by atoms with van der Waals surface area (Å²) in [6.07, 6.45) is 0. The Kier molecular flexibility index (Phi) is 7.99. The van der Waals surface area contributed by atoms with Crippen molar-refractivity contribution in [3.8, 4) is 34.3 Å². The van der Waals surface area contributed by atoms with E-state index in [2.05, 4.69) is 152 Å². The molecule has 0 N–H and O–H groups in total. The molecule has 8 nitrogen and oxygen atoms in total. The van der Waals surface area contributed by atoms with Crippen LogP contribution in [0.1, 0.15) is 5.56 Å². The predicted molar refractivity (Wildman–Crippen MR) is 308 cm³/mol. The molecule has 76 heavy (non-hydrogen) atoms. The van der Waals surface area contributed by atoms with Crippen LogP contribution in [-0.4, -0.2) is 13.7 Å². The van der Waals surface area contributed by atoms with E-state index in [0.29, 0.717) is 33.9 Å². The molecule has 17 rings (SSSR count). The molecule has 0 aliphatic heterocycles. The van der Waals surface area contributed by atoms with Crippen LogP contribution < -0.4 is 0 Å². The normalized spacial score (nSPS) is 12.2. The van der Waals surface area contributed by atoms with Crippen molar-refractivity contribution < 1.29 is 13.3 Å². The maximum atomic E-state index is 12.3. The zero-order valence-electron chi connectivity index (χ0n) is 40.2. The number of fused-ring (bicyclic) bond motifs is 21. The van der Waals surface area contributed by atoms with Gasteiger partial charge in [-0.25, -0.2) is 4.85 Å². The molecule has 0 spiro atoms. The highest BCUT2D eigenvalue weighted by molar-refractivity contribution is 6.28. The third-order valence-electron chi connectivity index (χ3n) is 15.9. The molecule has 11 aromatic carbocycles. The summed E-state index contributed by atoms with van der Waals surface area (Å²) in [6, 6.07) is 75.3. The lowest BCUT2D eigenvalue weighted by Crippen LogP contribution is -2.13. The lowest BCUT2D eigenvalue weighted by molar-refractivity contribution is 0.672. The zero-order valence-corrected chi connectivity index (χ0v) is 40.2. The quantitative estimate of drug-likeness (QED) is 0.165. The van der Waals surface area contributed by atoms with E-state index >= 15 is 0 Å². The molecule has 0 bridgehead atoms. The summed E-state index contributed by atoms with van der Waals surface area (Å²) < 4.78 is 27.5. The summed E-state index contributed by atoms with van der Waals surface area (Å²) in [5.74, 6) is 0. The molecule has 0 saturated carbocycles. The summed E-state index contributed by atoms with van der Waals surface area (Å²) >= 11 is 0. The van der Waals surface area contributed by atoms with Gasteiger partial charge in [0.2, 0.25) is 5.69 Å². The number of furan rings is 3. The molecule has 350 valence electrons. The first kappa shape index (κ1) is 40.8. The fourth-order valence-corrected chi connectivity index (χ4v) is 12.9. The first-order valence-corrected chi connectivity index (χ1v) is 25.3. The number of benzene rings is 11. The van der Waals surface area contributed by atoms with Gasteiger partial charge in [0.25, 0.3) is 0 Å². The molecule has 0 aliphatic carbocycles. The van der Waals surface area contributed by atoms with Gasteiger partial charge in [0.05, 0.1) is 78.5 Å². The number of nitriles is 1. The average molecular weight is 970 g/mol. The van der Waals surface area contributed by atoms with Crippen molar-refractivity contribution >= 4 is 137 Å². The Bertz CT molecular complexity index is 5280. The first-order chi connectivity index (χ1) is 37.7. The Labute approximate surface area is 430 Å². The fourth-order valence-electron chi connectivity index (χ4n) is 12.9. The molecule has 0 amide bonds. The molecule has 0 unspecified atom stereocenters. The van der Waals surface area contributed by atoms with Crippen LogP contribution in [0.15, 0.2) is 226 Å². The summed E-state index contributed by atoms with van der Waals surface area (Å²) in [5, 5.41) is 24.0. The summed E-state index contributed by atoms with van der Waals surface area (Å²) in [4.78, 5) is 4.64. The van der Waals surface area contributed by atoms with E-state index in [0.717, 1.165) is 137 Å². The molecular weight excluding hydrogens is 935 g/mol. The van der Waals surface area contributed by atoms with Gasteiger partial charge in [-0.3, -0.25) is 0 Å². The zero-order chi connectivity index (χ0) is 49.9. The van der Waals surface area contributed by atoms with Crippen LogP contribution in [0.25, 0.3) is 164 Å². The Morgan fingerprint density at radius 2 is 0.697 bits per heavy atom. The molecule has 0 radical (unpaired) electrons. The van der Waals surface area contributed by atoms with Crippen LogP contribution in [0.3, 0.4) is 0 Å². The second-order valence-corrected chi connectivity index (χ2v) is 19.6. The van der Waals surface area contributed by atoms with Gasteiger partial charge in [-0.2, -0.15) is 5.26 Å². The van der Waals surface area contributed by atoms with E-state index < -0.39 is 0 Å². The molecule has 0 fully saturated rings. The smallest absolute Gasteiger partial charge is 0.221 e. The van der Waals surface area contributed by atoms with Crippen molar-refractivity contribution in [3.05, 3.63) is 229 Å². The molecule has 0 atom stereocenters. The van der Waals surface area contributed by atoms with Crippen LogP contribution in [-0.2, 0) is 0 Å². The Hall–Kier alpha value is -10.8. The fraction of sp³-hybridized carbons (Fsp3) is 0. The molecule has 6 aromatic heterocycles. The topological polar surface area (TPSA) is 82.4 Å². The highest BCUT2D eigenvalue weighted by Gasteiger charge is 2.35. The number of aromatic nitrogens is 3. The van der Waals surface area contributed by atoms with Crippen LogP contribution in [0, 0.1) is 17.9 Å². The van der Waals surface area contributed by atoms with E-state index in [1.807, 2.05) is 84.9 Å². The van der Waals surface area contributed by atoms with Crippen LogP contribution >= 0.6 is 0 Å². The minimum absolute atomic E-state index is 0.324. The van der Waals surface area contributed by atoms with Crippen molar-refractivity contribution in [3.63, 3.8) is 0 Å². The standard InChI is InChI=1S/C68H35N5O3/c1-70-62-58(38-17-3-2-4-18-38)48(37-69)63(71-49-25-11-5-22-45(49)59-52(71)34-31-42-39-19-8-14-28-55(39)74-66(42)59)65(73-51-27-13-7-24-47(51)61-54(73)36-33-44-41-21-10-16-30-57(41)76-68(44)61)64(62)72-50-26-12-6-23-46(50)60-53(72)35-32-43-40-20-9-15-29-56(40)75-67(43)60/h2-36H. The molecule has 6 heterocycles. The van der Waals surface area contributed by atoms with Gasteiger partial charge in [-0.05, 0) is 78.4 Å². The molecule has 8 heteroatoms. The van der Waals surface area contributed by atoms with Crippen molar-refractivity contribution in [2.75, 3.05) is 0 Å². The minimum Gasteiger partial charge on any atom is -0.455 e. The summed E-state index contributed by atoms with van der Waals surface area (Å²) in [7, 11) is 0. The average Bonchev–Trinajstić information content (AvgIpc) is 4.50. The van der Waals surface area contributed by atoms with Crippen molar-refractivity contribution in [1.29, 1.82) is 5.26 Å². The van der Waals surface area contributed by atoms with Crippen LogP contribution in [0.5, 0.6) is 0 Å². The molecule has 17 aromatic rings. The van der Waals surface area contributed by atoms with Gasteiger partial charge in [0.15, 0.2) is 0 Å². The summed E-state index contributed by atoms with van der Waals surface area (Å²) in [5.41, 5.74) is 13.6. The van der Waals surface area contributed by atoms with E-state index in [-0.39, 0.29) is 0 Å². The maximum absolute atomic E-state index is 12.3. The summed E-state index contributed by atoms with van der Waals surface area (Å²) in [6.45, 7) is 9.58. The monoisotopic (exact) mass is 969 g/mol. The van der Waals surface area contributed by atoms with E-state index in [1.54, 1.807) is 0 Å². The number of rotatable bonds is 4. The van der Waals surface area contributed by atoms with E-state index in [9.17, 15) is 11.8 Å². The highest BCUT2D eigenvalue weighted by atomic mass is 16.3. The van der Waals surface area contributed by atoms with E-state index in [1.165, 1.54) is 0 Å². The first-order valence-electron chi connectivity index (χ1n) is 25.3. The Morgan fingerprint density at radius 1 is 0.342 bits per heavy atom. The second kappa shape index (κ2) is 14.9. The number of para-hydroxylation sites is 6. The van der Waals surface area contributed by atoms with E-state index in [4.69, 9.17) is 13.3 Å². The minimum atomic E-state index is 0.324. The van der Waals surface area contributed by atoms with Crippen molar-refractivity contribution in [2.24, 2.45) is 0 Å². The van der Waals surface area contributed by atoms with Crippen molar-refractivity contribution in [2.45, 2.75) is 0 Å². The van der Waals surface area contributed by atoms with Crippen LogP contribution in [0.4, 0.5) is 5.69 Å². The Balaban J connectivity index is 1.17. The molecular formula is C68H35N5O3. The largest absolute Gasteiger partial charge is 0.455 e. The lowest BCUT2D eigenvalue weighted by atomic mass is 9.93. The van der Waals surface area contributed by atoms with Gasteiger partial charge in [-0.15, -0.1) is 0 Å². The molecule has 0 saturated heterocycles. The van der Waals surface area contributed by atoms with Crippen molar-refractivity contribution in [1.82, 2.24) is 13.7 Å². The molecule has 0 aliphatic rings. The van der Waals surface area contributed by atoms with Gasteiger partial charge in [0, 0.05) is 54.0 Å². The highest BCUT2D eigenvalue weighted by Crippen LogP contribution is 2.54. The predicted octanol–water partition coefficient (Wildman–Crippen LogP) is 18.8. The number of hydrogen-bond acceptors (Lipinski definition) is 4.